The lowest BCUT2D eigenvalue weighted by Gasteiger charge is -2.02. The number of carbonyl (C=O) groups excluding carboxylic acids is 1. The number of nitrogens with zero attached hydrogens (tertiary/aromatic N) is 1. The molecule has 0 amide bonds. The van der Waals surface area contributed by atoms with Gasteiger partial charge in [-0.3, -0.25) is 0 Å². The number of esters is 1. The summed E-state index contributed by atoms with van der Waals surface area (Å²) in [6.45, 7) is 3.63. The number of oxazole rings is 1. The van der Waals surface area contributed by atoms with Crippen molar-refractivity contribution in [2.24, 2.45) is 0 Å². The lowest BCUT2D eigenvalue weighted by atomic mass is 10.2. The van der Waals surface area contributed by atoms with Crippen LogP contribution in [0.5, 0.6) is 0 Å². The number of hydrogen-bond donors (Lipinski definition) is 1. The van der Waals surface area contributed by atoms with Crippen LogP contribution in [0.1, 0.15) is 23.0 Å². The molecular weight excluding hydrogens is 251 g/mol. The van der Waals surface area contributed by atoms with Gasteiger partial charge in [-0.2, -0.15) is 4.98 Å². The van der Waals surface area contributed by atoms with E-state index in [1.807, 2.05) is 0 Å². The van der Waals surface area contributed by atoms with Crippen LogP contribution < -0.4 is 5.32 Å². The zero-order valence-corrected chi connectivity index (χ0v) is 10.6. The van der Waals surface area contributed by atoms with E-state index in [1.54, 1.807) is 26.0 Å². The summed E-state index contributed by atoms with van der Waals surface area (Å²) in [5, 5.41) is 2.76. The molecule has 2 rings (SSSR count). The molecule has 1 aromatic carbocycles. The van der Waals surface area contributed by atoms with Crippen molar-refractivity contribution in [3.8, 4) is 0 Å². The monoisotopic (exact) mass is 264 g/mol. The van der Waals surface area contributed by atoms with E-state index in [0.717, 1.165) is 0 Å². The van der Waals surface area contributed by atoms with Crippen molar-refractivity contribution in [1.29, 1.82) is 0 Å². The molecule has 19 heavy (non-hydrogen) atoms. The van der Waals surface area contributed by atoms with Crippen LogP contribution in [-0.4, -0.2) is 17.6 Å². The van der Waals surface area contributed by atoms with E-state index < -0.39 is 5.97 Å². The Kier molecular flexibility index (Phi) is 3.79. The summed E-state index contributed by atoms with van der Waals surface area (Å²) < 4.78 is 23.2. The van der Waals surface area contributed by atoms with Crippen LogP contribution in [-0.2, 0) is 4.74 Å². The average Bonchev–Trinajstić information content (AvgIpc) is 2.83. The van der Waals surface area contributed by atoms with Gasteiger partial charge in [-0.1, -0.05) is 6.07 Å². The fourth-order valence-electron chi connectivity index (χ4n) is 1.42. The van der Waals surface area contributed by atoms with Crippen molar-refractivity contribution in [3.05, 3.63) is 41.5 Å². The Hall–Kier alpha value is -2.37. The van der Waals surface area contributed by atoms with Gasteiger partial charge in [0.15, 0.2) is 5.69 Å². The zero-order chi connectivity index (χ0) is 13.8. The van der Waals surface area contributed by atoms with Crippen LogP contribution in [0.4, 0.5) is 16.1 Å². The molecule has 6 heteroatoms. The van der Waals surface area contributed by atoms with Gasteiger partial charge in [0.1, 0.15) is 12.1 Å². The fourth-order valence-corrected chi connectivity index (χ4v) is 1.42. The maximum Gasteiger partial charge on any atom is 0.360 e. The minimum Gasteiger partial charge on any atom is -0.461 e. The summed E-state index contributed by atoms with van der Waals surface area (Å²) in [6, 6.07) is 4.75. The zero-order valence-electron chi connectivity index (χ0n) is 10.6. The van der Waals surface area contributed by atoms with Crippen LogP contribution in [0, 0.1) is 12.7 Å². The third kappa shape index (κ3) is 3.09. The van der Waals surface area contributed by atoms with Crippen LogP contribution >= 0.6 is 0 Å². The van der Waals surface area contributed by atoms with Gasteiger partial charge in [-0.25, -0.2) is 9.18 Å². The molecule has 0 aliphatic rings. The minimum absolute atomic E-state index is 0.0666. The second kappa shape index (κ2) is 5.51. The number of anilines is 2. The molecule has 0 saturated carbocycles. The second-order valence-corrected chi connectivity index (χ2v) is 3.85. The number of rotatable bonds is 4. The molecule has 0 atom stereocenters. The number of carbonyl (C=O) groups is 1. The molecule has 0 spiro atoms. The molecule has 2 aromatic rings. The molecule has 1 heterocycles. The summed E-state index contributed by atoms with van der Waals surface area (Å²) in [6.07, 6.45) is 1.19. The normalized spacial score (nSPS) is 10.3. The Balaban J connectivity index is 2.11. The van der Waals surface area contributed by atoms with Crippen LogP contribution in [0.3, 0.4) is 0 Å². The first-order chi connectivity index (χ1) is 9.10. The molecule has 100 valence electrons. The van der Waals surface area contributed by atoms with E-state index in [4.69, 9.17) is 9.15 Å². The molecule has 0 saturated heterocycles. The van der Waals surface area contributed by atoms with Gasteiger partial charge in [-0.15, -0.1) is 0 Å². The Morgan fingerprint density at radius 2 is 2.32 bits per heavy atom. The Morgan fingerprint density at radius 1 is 1.53 bits per heavy atom. The summed E-state index contributed by atoms with van der Waals surface area (Å²) in [7, 11) is 0. The number of aryl methyl sites for hydroxylation is 1. The highest BCUT2D eigenvalue weighted by atomic mass is 19.1. The van der Waals surface area contributed by atoms with Crippen LogP contribution in [0.15, 0.2) is 28.9 Å². The molecule has 0 radical (unpaired) electrons. The number of benzene rings is 1. The molecule has 0 bridgehead atoms. The molecule has 0 aliphatic carbocycles. The number of aromatic nitrogens is 1. The topological polar surface area (TPSA) is 64.4 Å². The van der Waals surface area contributed by atoms with Gasteiger partial charge in [-0.05, 0) is 31.5 Å². The summed E-state index contributed by atoms with van der Waals surface area (Å²) in [5.41, 5.74) is 1.10. The van der Waals surface area contributed by atoms with E-state index in [1.165, 1.54) is 12.3 Å². The van der Waals surface area contributed by atoms with Crippen molar-refractivity contribution >= 4 is 17.7 Å². The highest BCUT2D eigenvalue weighted by Crippen LogP contribution is 2.19. The van der Waals surface area contributed by atoms with E-state index in [2.05, 4.69) is 10.3 Å². The van der Waals surface area contributed by atoms with E-state index >= 15 is 0 Å². The van der Waals surface area contributed by atoms with Gasteiger partial charge >= 0.3 is 5.97 Å². The lowest BCUT2D eigenvalue weighted by Crippen LogP contribution is -2.05. The van der Waals surface area contributed by atoms with E-state index in [-0.39, 0.29) is 24.1 Å². The van der Waals surface area contributed by atoms with Crippen LogP contribution in [0.2, 0.25) is 0 Å². The Labute approximate surface area is 109 Å². The predicted octanol–water partition coefficient (Wildman–Crippen LogP) is 3.04. The highest BCUT2D eigenvalue weighted by molar-refractivity contribution is 5.87. The van der Waals surface area contributed by atoms with Gasteiger partial charge < -0.3 is 14.5 Å². The van der Waals surface area contributed by atoms with E-state index in [0.29, 0.717) is 11.3 Å². The molecular formula is C13H13FN2O3. The van der Waals surface area contributed by atoms with Crippen molar-refractivity contribution in [3.63, 3.8) is 0 Å². The molecule has 1 N–H and O–H groups in total. The van der Waals surface area contributed by atoms with Gasteiger partial charge in [0.2, 0.25) is 0 Å². The first-order valence-corrected chi connectivity index (χ1v) is 5.76. The smallest absolute Gasteiger partial charge is 0.360 e. The summed E-state index contributed by atoms with van der Waals surface area (Å²) in [5.74, 6) is -0.892. The largest absolute Gasteiger partial charge is 0.461 e. The van der Waals surface area contributed by atoms with Crippen molar-refractivity contribution in [1.82, 2.24) is 4.98 Å². The number of ether oxygens (including phenoxy) is 1. The average molecular weight is 264 g/mol. The SMILES string of the molecule is CCOC(=O)c1coc(Nc2ccc(C)c(F)c2)n1. The fraction of sp³-hybridized carbons (Fsp3) is 0.231. The van der Waals surface area contributed by atoms with Crippen molar-refractivity contribution in [2.45, 2.75) is 13.8 Å². The predicted molar refractivity (Wildman–Crippen MR) is 66.9 cm³/mol. The third-order valence-corrected chi connectivity index (χ3v) is 2.41. The first kappa shape index (κ1) is 13.1. The van der Waals surface area contributed by atoms with Crippen molar-refractivity contribution in [2.75, 3.05) is 11.9 Å². The van der Waals surface area contributed by atoms with Gasteiger partial charge in [0.05, 0.1) is 6.61 Å². The number of hydrogen-bond acceptors (Lipinski definition) is 5. The quantitative estimate of drug-likeness (QED) is 0.860. The maximum absolute atomic E-state index is 13.4. The molecule has 5 nitrogen and oxygen atoms in total. The number of nitrogens with one attached hydrogen (secondary N) is 1. The second-order valence-electron chi connectivity index (χ2n) is 3.85. The Bertz CT molecular complexity index is 595. The number of halogens is 1. The van der Waals surface area contributed by atoms with E-state index in [9.17, 15) is 9.18 Å². The molecule has 0 aliphatic heterocycles. The van der Waals surface area contributed by atoms with Crippen molar-refractivity contribution < 1.29 is 18.3 Å². The summed E-state index contributed by atoms with van der Waals surface area (Å²) in [4.78, 5) is 15.3. The lowest BCUT2D eigenvalue weighted by molar-refractivity contribution is 0.0519. The third-order valence-electron chi connectivity index (χ3n) is 2.41. The maximum atomic E-state index is 13.4. The van der Waals surface area contributed by atoms with Gasteiger partial charge in [0, 0.05) is 5.69 Å². The standard InChI is InChI=1S/C13H13FN2O3/c1-3-18-12(17)11-7-19-13(16-11)15-9-5-4-8(2)10(14)6-9/h4-7H,3H2,1-2H3,(H,15,16). The Morgan fingerprint density at radius 3 is 3.00 bits per heavy atom. The first-order valence-electron chi connectivity index (χ1n) is 5.76. The highest BCUT2D eigenvalue weighted by Gasteiger charge is 2.13. The summed E-state index contributed by atoms with van der Waals surface area (Å²) >= 11 is 0. The molecule has 1 aromatic heterocycles. The minimum atomic E-state index is -0.561. The molecule has 0 fully saturated rings. The molecule has 0 unspecified atom stereocenters. The van der Waals surface area contributed by atoms with Crippen LogP contribution in [0.25, 0.3) is 0 Å². The van der Waals surface area contributed by atoms with Gasteiger partial charge in [0.25, 0.3) is 6.01 Å².